The van der Waals surface area contributed by atoms with Crippen molar-refractivity contribution in [1.82, 2.24) is 0 Å². The van der Waals surface area contributed by atoms with E-state index in [1.54, 1.807) is 31.4 Å². The fraction of sp³-hybridized carbons (Fsp3) is 0.235. The summed E-state index contributed by atoms with van der Waals surface area (Å²) in [5.41, 5.74) is 2.74. The molecule has 4 heteroatoms. The first-order valence-corrected chi connectivity index (χ1v) is 7.71. The maximum absolute atomic E-state index is 12.4. The lowest BCUT2D eigenvalue weighted by Gasteiger charge is -2.11. The molecule has 1 saturated carbocycles. The standard InChI is InChI=1S/C17H16BrNO2/c1-21-14-7-4-12(5-8-14)17(20)19-16-10-13(18)6-9-15(16)11-2-3-11/h4-11H,2-3H2,1H3,(H,19,20). The number of nitrogens with one attached hydrogen (secondary N) is 1. The van der Waals surface area contributed by atoms with Crippen molar-refractivity contribution in [2.45, 2.75) is 18.8 Å². The molecule has 0 bridgehead atoms. The Morgan fingerprint density at radius 1 is 1.19 bits per heavy atom. The van der Waals surface area contributed by atoms with Gasteiger partial charge in [-0.15, -0.1) is 0 Å². The van der Waals surface area contributed by atoms with Crippen LogP contribution in [0, 0.1) is 0 Å². The highest BCUT2D eigenvalue weighted by Crippen LogP contribution is 2.44. The Morgan fingerprint density at radius 2 is 1.90 bits per heavy atom. The summed E-state index contributed by atoms with van der Waals surface area (Å²) in [6.45, 7) is 0. The molecule has 0 radical (unpaired) electrons. The van der Waals surface area contributed by atoms with E-state index in [0.29, 0.717) is 11.5 Å². The van der Waals surface area contributed by atoms with Gasteiger partial charge >= 0.3 is 0 Å². The summed E-state index contributed by atoms with van der Waals surface area (Å²) in [4.78, 5) is 12.4. The van der Waals surface area contributed by atoms with Crippen LogP contribution in [0.4, 0.5) is 5.69 Å². The van der Waals surface area contributed by atoms with Gasteiger partial charge in [-0.25, -0.2) is 0 Å². The fourth-order valence-electron chi connectivity index (χ4n) is 2.32. The first-order valence-electron chi connectivity index (χ1n) is 6.92. The van der Waals surface area contributed by atoms with E-state index in [4.69, 9.17) is 4.74 Å². The Morgan fingerprint density at radius 3 is 2.52 bits per heavy atom. The van der Waals surface area contributed by atoms with Gasteiger partial charge in [0.2, 0.25) is 0 Å². The van der Waals surface area contributed by atoms with Gasteiger partial charge in [-0.3, -0.25) is 4.79 Å². The maximum atomic E-state index is 12.4. The highest BCUT2D eigenvalue weighted by Gasteiger charge is 2.26. The van der Waals surface area contributed by atoms with Crippen LogP contribution in [-0.4, -0.2) is 13.0 Å². The molecule has 1 aliphatic carbocycles. The monoisotopic (exact) mass is 345 g/mol. The van der Waals surface area contributed by atoms with Crippen molar-refractivity contribution in [3.63, 3.8) is 0 Å². The van der Waals surface area contributed by atoms with E-state index in [-0.39, 0.29) is 5.91 Å². The Bertz CT molecular complexity index is 663. The van der Waals surface area contributed by atoms with Gasteiger partial charge in [0, 0.05) is 15.7 Å². The molecule has 3 rings (SSSR count). The zero-order valence-electron chi connectivity index (χ0n) is 11.7. The number of rotatable bonds is 4. The maximum Gasteiger partial charge on any atom is 0.255 e. The molecule has 0 saturated heterocycles. The smallest absolute Gasteiger partial charge is 0.255 e. The molecule has 0 aliphatic heterocycles. The van der Waals surface area contributed by atoms with Crippen LogP contribution in [0.3, 0.4) is 0 Å². The van der Waals surface area contributed by atoms with Crippen molar-refractivity contribution in [1.29, 1.82) is 0 Å². The average molecular weight is 346 g/mol. The van der Waals surface area contributed by atoms with Crippen LogP contribution >= 0.6 is 15.9 Å². The van der Waals surface area contributed by atoms with Crippen LogP contribution < -0.4 is 10.1 Å². The molecule has 0 spiro atoms. The van der Waals surface area contributed by atoms with Gasteiger partial charge in [0.05, 0.1) is 7.11 Å². The molecule has 1 N–H and O–H groups in total. The molecule has 1 fully saturated rings. The number of ether oxygens (including phenoxy) is 1. The fourth-order valence-corrected chi connectivity index (χ4v) is 2.69. The third-order valence-corrected chi connectivity index (χ3v) is 4.13. The van der Waals surface area contributed by atoms with E-state index in [0.717, 1.165) is 15.9 Å². The molecule has 21 heavy (non-hydrogen) atoms. The predicted molar refractivity (Wildman–Crippen MR) is 87.1 cm³/mol. The van der Waals surface area contributed by atoms with Gasteiger partial charge in [-0.2, -0.15) is 0 Å². The lowest BCUT2D eigenvalue weighted by atomic mass is 10.1. The van der Waals surface area contributed by atoms with Gasteiger partial charge in [0.15, 0.2) is 0 Å². The van der Waals surface area contributed by atoms with Crippen molar-refractivity contribution in [3.05, 3.63) is 58.1 Å². The second kappa shape index (κ2) is 5.90. The van der Waals surface area contributed by atoms with E-state index in [2.05, 4.69) is 27.3 Å². The number of halogens is 1. The number of benzene rings is 2. The minimum absolute atomic E-state index is 0.0994. The summed E-state index contributed by atoms with van der Waals surface area (Å²) < 4.78 is 6.07. The lowest BCUT2D eigenvalue weighted by molar-refractivity contribution is 0.102. The van der Waals surface area contributed by atoms with Gasteiger partial charge < -0.3 is 10.1 Å². The lowest BCUT2D eigenvalue weighted by Crippen LogP contribution is -2.13. The average Bonchev–Trinajstić information content (AvgIpc) is 3.32. The van der Waals surface area contributed by atoms with Crippen LogP contribution in [0.15, 0.2) is 46.9 Å². The summed E-state index contributed by atoms with van der Waals surface area (Å²) in [5.74, 6) is 1.23. The van der Waals surface area contributed by atoms with Crippen LogP contribution in [-0.2, 0) is 0 Å². The van der Waals surface area contributed by atoms with Crippen molar-refractivity contribution in [3.8, 4) is 5.75 Å². The number of hydrogen-bond donors (Lipinski definition) is 1. The van der Waals surface area contributed by atoms with E-state index in [9.17, 15) is 4.79 Å². The number of methoxy groups -OCH3 is 1. The Kier molecular flexibility index (Phi) is 3.97. The highest BCUT2D eigenvalue weighted by molar-refractivity contribution is 9.10. The molecular formula is C17H16BrNO2. The van der Waals surface area contributed by atoms with Crippen molar-refractivity contribution in [2.75, 3.05) is 12.4 Å². The quantitative estimate of drug-likeness (QED) is 0.880. The summed E-state index contributed by atoms with van der Waals surface area (Å²) in [7, 11) is 1.61. The molecule has 2 aromatic carbocycles. The van der Waals surface area contributed by atoms with Crippen LogP contribution in [0.25, 0.3) is 0 Å². The van der Waals surface area contributed by atoms with E-state index in [1.165, 1.54) is 18.4 Å². The van der Waals surface area contributed by atoms with Gasteiger partial charge in [0.25, 0.3) is 5.91 Å². The molecule has 1 amide bonds. The number of hydrogen-bond acceptors (Lipinski definition) is 2. The first kappa shape index (κ1) is 14.1. The summed E-state index contributed by atoms with van der Waals surface area (Å²) in [6.07, 6.45) is 2.40. The minimum atomic E-state index is -0.0994. The van der Waals surface area contributed by atoms with Crippen LogP contribution in [0.5, 0.6) is 5.75 Å². The zero-order chi connectivity index (χ0) is 14.8. The topological polar surface area (TPSA) is 38.3 Å². The summed E-state index contributed by atoms with van der Waals surface area (Å²) in [6, 6.07) is 13.2. The van der Waals surface area contributed by atoms with Crippen LogP contribution in [0.1, 0.15) is 34.7 Å². The van der Waals surface area contributed by atoms with Gasteiger partial charge in [-0.05, 0) is 60.7 Å². The molecule has 1 aliphatic rings. The highest BCUT2D eigenvalue weighted by atomic mass is 79.9. The van der Waals surface area contributed by atoms with Crippen molar-refractivity contribution >= 4 is 27.5 Å². The molecule has 0 atom stereocenters. The molecule has 0 aromatic heterocycles. The zero-order valence-corrected chi connectivity index (χ0v) is 13.3. The molecule has 3 nitrogen and oxygen atoms in total. The number of carbonyl (C=O) groups is 1. The largest absolute Gasteiger partial charge is 0.497 e. The third kappa shape index (κ3) is 3.27. The molecular weight excluding hydrogens is 330 g/mol. The van der Waals surface area contributed by atoms with Crippen LogP contribution in [0.2, 0.25) is 0 Å². The van der Waals surface area contributed by atoms with E-state index < -0.39 is 0 Å². The number of carbonyl (C=O) groups excluding carboxylic acids is 1. The SMILES string of the molecule is COc1ccc(C(=O)Nc2cc(Br)ccc2C2CC2)cc1. The molecule has 2 aromatic rings. The second-order valence-corrected chi connectivity index (χ2v) is 6.10. The van der Waals surface area contributed by atoms with Crippen molar-refractivity contribution < 1.29 is 9.53 Å². The minimum Gasteiger partial charge on any atom is -0.497 e. The molecule has 108 valence electrons. The number of amides is 1. The molecule has 0 heterocycles. The van der Waals surface area contributed by atoms with Crippen molar-refractivity contribution in [2.24, 2.45) is 0 Å². The van der Waals surface area contributed by atoms with Gasteiger partial charge in [0.1, 0.15) is 5.75 Å². The normalized spacial score (nSPS) is 13.8. The molecule has 0 unspecified atom stereocenters. The Labute approximate surface area is 132 Å². The van der Waals surface area contributed by atoms with E-state index >= 15 is 0 Å². The third-order valence-electron chi connectivity index (χ3n) is 3.63. The summed E-state index contributed by atoms with van der Waals surface area (Å²) in [5, 5.41) is 3.02. The van der Waals surface area contributed by atoms with Gasteiger partial charge in [-0.1, -0.05) is 22.0 Å². The first-order chi connectivity index (χ1) is 10.2. The predicted octanol–water partition coefficient (Wildman–Crippen LogP) is 4.59. The Hall–Kier alpha value is -1.81. The Balaban J connectivity index is 1.81. The van der Waals surface area contributed by atoms with E-state index in [1.807, 2.05) is 12.1 Å². The number of anilines is 1. The second-order valence-electron chi connectivity index (χ2n) is 5.19. The summed E-state index contributed by atoms with van der Waals surface area (Å²) >= 11 is 3.46.